The van der Waals surface area contributed by atoms with Gasteiger partial charge in [0.05, 0.1) is 19.3 Å². The van der Waals surface area contributed by atoms with Crippen molar-refractivity contribution < 1.29 is 22.8 Å². The van der Waals surface area contributed by atoms with Crippen LogP contribution in [0.5, 0.6) is 0 Å². The summed E-state index contributed by atoms with van der Waals surface area (Å²) in [5, 5.41) is 0. The Kier molecular flexibility index (Phi) is 9.00. The Morgan fingerprint density at radius 2 is 1.57 bits per heavy atom. The van der Waals surface area contributed by atoms with E-state index in [1.54, 1.807) is 0 Å². The SMILES string of the molecule is CCO[Si](OCC)(OCC)C(CC)OCC1COC1CC. The molecule has 0 amide bonds. The topological polar surface area (TPSA) is 46.2 Å². The molecule has 0 spiro atoms. The number of hydrogen-bond donors (Lipinski definition) is 0. The molecule has 0 saturated carbocycles. The van der Waals surface area contributed by atoms with E-state index in [1.165, 1.54) is 0 Å². The number of rotatable bonds is 12. The highest BCUT2D eigenvalue weighted by Gasteiger charge is 2.50. The molecule has 1 rings (SSSR count). The highest BCUT2D eigenvalue weighted by Crippen LogP contribution is 2.26. The average molecular weight is 321 g/mol. The van der Waals surface area contributed by atoms with Gasteiger partial charge in [0.2, 0.25) is 0 Å². The van der Waals surface area contributed by atoms with Crippen molar-refractivity contribution in [2.45, 2.75) is 59.3 Å². The second-order valence-electron chi connectivity index (χ2n) is 5.17. The molecule has 1 aliphatic rings. The molecule has 5 nitrogen and oxygen atoms in total. The molecule has 0 N–H and O–H groups in total. The minimum Gasteiger partial charge on any atom is -0.377 e. The summed E-state index contributed by atoms with van der Waals surface area (Å²) >= 11 is 0. The first kappa shape index (κ1) is 19.1. The molecule has 0 radical (unpaired) electrons. The van der Waals surface area contributed by atoms with E-state index in [0.717, 1.165) is 19.4 Å². The lowest BCUT2D eigenvalue weighted by Crippen LogP contribution is -2.58. The van der Waals surface area contributed by atoms with Crippen LogP contribution in [0.3, 0.4) is 0 Å². The number of hydrogen-bond acceptors (Lipinski definition) is 5. The molecule has 6 heteroatoms. The lowest BCUT2D eigenvalue weighted by Gasteiger charge is -2.39. The second kappa shape index (κ2) is 9.92. The molecule has 0 aliphatic carbocycles. The molecular formula is C15H32O5Si. The fourth-order valence-corrected chi connectivity index (χ4v) is 5.51. The van der Waals surface area contributed by atoms with Crippen molar-refractivity contribution in [2.24, 2.45) is 5.92 Å². The summed E-state index contributed by atoms with van der Waals surface area (Å²) in [5.74, 6) is 0.487. The third kappa shape index (κ3) is 5.01. The smallest absolute Gasteiger partial charge is 0.377 e. The third-order valence-electron chi connectivity index (χ3n) is 3.77. The third-order valence-corrected chi connectivity index (χ3v) is 7.20. The Labute approximate surface area is 130 Å². The minimum atomic E-state index is -2.78. The fourth-order valence-electron chi connectivity index (χ4n) is 2.69. The van der Waals surface area contributed by atoms with Crippen LogP contribution in [0.15, 0.2) is 0 Å². The normalized spacial score (nSPS) is 23.9. The van der Waals surface area contributed by atoms with E-state index in [-0.39, 0.29) is 5.73 Å². The molecule has 21 heavy (non-hydrogen) atoms. The van der Waals surface area contributed by atoms with Crippen LogP contribution < -0.4 is 0 Å². The quantitative estimate of drug-likeness (QED) is 0.517. The second-order valence-corrected chi connectivity index (χ2v) is 7.89. The van der Waals surface area contributed by atoms with Gasteiger partial charge in [0.15, 0.2) is 0 Å². The van der Waals surface area contributed by atoms with Crippen molar-refractivity contribution >= 4 is 8.80 Å². The van der Waals surface area contributed by atoms with E-state index in [9.17, 15) is 0 Å². The first-order valence-corrected chi connectivity index (χ1v) is 10.1. The van der Waals surface area contributed by atoms with E-state index in [4.69, 9.17) is 22.8 Å². The maximum atomic E-state index is 6.16. The molecule has 1 aliphatic heterocycles. The van der Waals surface area contributed by atoms with Crippen LogP contribution in [0.1, 0.15) is 47.5 Å². The molecule has 1 saturated heterocycles. The van der Waals surface area contributed by atoms with E-state index < -0.39 is 8.80 Å². The lowest BCUT2D eigenvalue weighted by atomic mass is 9.97. The maximum absolute atomic E-state index is 6.16. The first-order valence-electron chi connectivity index (χ1n) is 8.32. The van der Waals surface area contributed by atoms with Crippen LogP contribution >= 0.6 is 0 Å². The zero-order valence-corrected chi connectivity index (χ0v) is 15.2. The van der Waals surface area contributed by atoms with Crippen molar-refractivity contribution in [1.82, 2.24) is 0 Å². The summed E-state index contributed by atoms with van der Waals surface area (Å²) in [6, 6.07) is 0. The zero-order chi connectivity index (χ0) is 15.7. The molecule has 0 aromatic heterocycles. The summed E-state index contributed by atoms with van der Waals surface area (Å²) < 4.78 is 29.5. The molecule has 1 heterocycles. The Bertz CT molecular complexity index is 258. The van der Waals surface area contributed by atoms with E-state index in [2.05, 4.69) is 13.8 Å². The molecule has 126 valence electrons. The standard InChI is InChI=1S/C15H32O5Si/c1-6-14-13(11-16-14)12-17-15(7-2)21(18-8-3,19-9-4)20-10-5/h13-15H,6-12H2,1-5H3. The van der Waals surface area contributed by atoms with Crippen molar-refractivity contribution in [3.63, 3.8) is 0 Å². The maximum Gasteiger partial charge on any atom is 0.531 e. The van der Waals surface area contributed by atoms with Crippen molar-refractivity contribution in [3.8, 4) is 0 Å². The molecule has 3 unspecified atom stereocenters. The predicted octanol–water partition coefficient (Wildman–Crippen LogP) is 2.79. The van der Waals surface area contributed by atoms with Gasteiger partial charge in [0, 0.05) is 25.7 Å². The summed E-state index contributed by atoms with van der Waals surface area (Å²) in [5.41, 5.74) is -0.101. The summed E-state index contributed by atoms with van der Waals surface area (Å²) in [6.45, 7) is 13.4. The van der Waals surface area contributed by atoms with Crippen LogP contribution in [0, 0.1) is 5.92 Å². The zero-order valence-electron chi connectivity index (χ0n) is 14.2. The average Bonchev–Trinajstić information content (AvgIpc) is 2.43. The Balaban J connectivity index is 2.65. The molecule has 3 atom stereocenters. The monoisotopic (exact) mass is 320 g/mol. The summed E-state index contributed by atoms with van der Waals surface area (Å²) in [6.07, 6.45) is 2.21. The predicted molar refractivity (Wildman–Crippen MR) is 84.2 cm³/mol. The van der Waals surface area contributed by atoms with Gasteiger partial charge in [0.1, 0.15) is 5.73 Å². The van der Waals surface area contributed by atoms with Gasteiger partial charge in [0.25, 0.3) is 0 Å². The summed E-state index contributed by atoms with van der Waals surface area (Å²) in [4.78, 5) is 0. The van der Waals surface area contributed by atoms with Crippen LogP contribution in [0.2, 0.25) is 0 Å². The molecule has 0 aromatic carbocycles. The van der Waals surface area contributed by atoms with Gasteiger partial charge in [-0.2, -0.15) is 0 Å². The van der Waals surface area contributed by atoms with Gasteiger partial charge in [-0.1, -0.05) is 13.8 Å². The molecular weight excluding hydrogens is 288 g/mol. The van der Waals surface area contributed by atoms with Crippen molar-refractivity contribution in [3.05, 3.63) is 0 Å². The number of ether oxygens (including phenoxy) is 2. The van der Waals surface area contributed by atoms with Gasteiger partial charge >= 0.3 is 8.80 Å². The summed E-state index contributed by atoms with van der Waals surface area (Å²) in [7, 11) is -2.78. The van der Waals surface area contributed by atoms with E-state index in [0.29, 0.717) is 38.4 Å². The highest BCUT2D eigenvalue weighted by atomic mass is 28.4. The van der Waals surface area contributed by atoms with Crippen LogP contribution in [-0.4, -0.2) is 53.7 Å². The van der Waals surface area contributed by atoms with Crippen LogP contribution in [0.25, 0.3) is 0 Å². The Morgan fingerprint density at radius 1 is 1.00 bits per heavy atom. The van der Waals surface area contributed by atoms with Gasteiger partial charge < -0.3 is 22.8 Å². The molecule has 0 aromatic rings. The minimum absolute atomic E-state index is 0.101. The molecule has 1 fully saturated rings. The first-order chi connectivity index (χ1) is 10.2. The fraction of sp³-hybridized carbons (Fsp3) is 1.00. The highest BCUT2D eigenvalue weighted by molar-refractivity contribution is 6.62. The Morgan fingerprint density at radius 3 is 1.90 bits per heavy atom. The van der Waals surface area contributed by atoms with Crippen molar-refractivity contribution in [1.29, 1.82) is 0 Å². The van der Waals surface area contributed by atoms with Crippen molar-refractivity contribution in [2.75, 3.05) is 33.0 Å². The van der Waals surface area contributed by atoms with E-state index >= 15 is 0 Å². The van der Waals surface area contributed by atoms with Crippen LogP contribution in [-0.2, 0) is 22.8 Å². The largest absolute Gasteiger partial charge is 0.531 e. The molecule has 0 bridgehead atoms. The lowest BCUT2D eigenvalue weighted by molar-refractivity contribution is -0.149. The van der Waals surface area contributed by atoms with Gasteiger partial charge in [-0.3, -0.25) is 0 Å². The van der Waals surface area contributed by atoms with Gasteiger partial charge in [-0.25, -0.2) is 0 Å². The Hall–Kier alpha value is 0.0169. The van der Waals surface area contributed by atoms with Crippen LogP contribution in [0.4, 0.5) is 0 Å². The van der Waals surface area contributed by atoms with Gasteiger partial charge in [-0.05, 0) is 33.6 Å². The van der Waals surface area contributed by atoms with Gasteiger partial charge in [-0.15, -0.1) is 0 Å². The van der Waals surface area contributed by atoms with E-state index in [1.807, 2.05) is 20.8 Å².